The molecule has 1 aromatic carbocycles. The predicted molar refractivity (Wildman–Crippen MR) is 82.3 cm³/mol. The van der Waals surface area contributed by atoms with Crippen LogP contribution in [0.4, 0.5) is 0 Å². The zero-order chi connectivity index (χ0) is 14.3. The zero-order valence-electron chi connectivity index (χ0n) is 11.8. The van der Waals surface area contributed by atoms with E-state index in [0.717, 1.165) is 16.6 Å². The van der Waals surface area contributed by atoms with Crippen LogP contribution in [0.15, 0.2) is 24.3 Å². The Balaban J connectivity index is 2.15. The summed E-state index contributed by atoms with van der Waals surface area (Å²) >= 11 is 5.80. The average molecular weight is 300 g/mol. The summed E-state index contributed by atoms with van der Waals surface area (Å²) in [5.74, 6) is -0.188. The molecule has 1 aromatic rings. The SMILES string of the molecule is C[Si](C)(C)CCOC(=O)CNCc1ccc(Cl)cc1. The average Bonchev–Trinajstić information content (AvgIpc) is 2.30. The van der Waals surface area contributed by atoms with E-state index in [4.69, 9.17) is 16.3 Å². The molecule has 0 aliphatic carbocycles. The summed E-state index contributed by atoms with van der Waals surface area (Å²) in [7, 11) is -1.12. The number of carbonyl (C=O) groups excluding carboxylic acids is 1. The smallest absolute Gasteiger partial charge is 0.319 e. The van der Waals surface area contributed by atoms with Gasteiger partial charge >= 0.3 is 5.97 Å². The van der Waals surface area contributed by atoms with E-state index in [2.05, 4.69) is 25.0 Å². The van der Waals surface area contributed by atoms with Crippen LogP contribution < -0.4 is 5.32 Å². The highest BCUT2D eigenvalue weighted by Gasteiger charge is 2.13. The van der Waals surface area contributed by atoms with Crippen LogP contribution in [0.5, 0.6) is 0 Å². The molecule has 0 fully saturated rings. The molecule has 0 heterocycles. The van der Waals surface area contributed by atoms with Gasteiger partial charge in [0.2, 0.25) is 0 Å². The van der Waals surface area contributed by atoms with E-state index < -0.39 is 8.07 Å². The normalized spacial score (nSPS) is 11.4. The van der Waals surface area contributed by atoms with Gasteiger partial charge in [-0.05, 0) is 23.7 Å². The molecule has 106 valence electrons. The van der Waals surface area contributed by atoms with Crippen molar-refractivity contribution in [2.75, 3.05) is 13.2 Å². The lowest BCUT2D eigenvalue weighted by Crippen LogP contribution is -2.27. The minimum atomic E-state index is -1.12. The number of rotatable bonds is 7. The largest absolute Gasteiger partial charge is 0.465 e. The number of halogens is 1. The molecule has 0 amide bonds. The third-order valence-electron chi connectivity index (χ3n) is 2.63. The third kappa shape index (κ3) is 8.03. The van der Waals surface area contributed by atoms with Gasteiger partial charge in [-0.2, -0.15) is 0 Å². The fraction of sp³-hybridized carbons (Fsp3) is 0.500. The minimum absolute atomic E-state index is 0.188. The fourth-order valence-corrected chi connectivity index (χ4v) is 2.27. The molecule has 1 N–H and O–H groups in total. The van der Waals surface area contributed by atoms with Crippen LogP contribution in [0.1, 0.15) is 5.56 Å². The Hall–Kier alpha value is -0.843. The molecule has 0 unspecified atom stereocenters. The molecule has 0 aromatic heterocycles. The van der Waals surface area contributed by atoms with Crippen LogP contribution >= 0.6 is 11.6 Å². The highest BCUT2D eigenvalue weighted by Crippen LogP contribution is 2.09. The second-order valence-corrected chi connectivity index (χ2v) is 11.8. The van der Waals surface area contributed by atoms with E-state index in [0.29, 0.717) is 13.2 Å². The Morgan fingerprint density at radius 3 is 2.47 bits per heavy atom. The Morgan fingerprint density at radius 2 is 1.89 bits per heavy atom. The van der Waals surface area contributed by atoms with Crippen LogP contribution in [0, 0.1) is 0 Å². The number of hydrogen-bond acceptors (Lipinski definition) is 3. The number of carbonyl (C=O) groups is 1. The maximum absolute atomic E-state index is 11.5. The Kier molecular flexibility index (Phi) is 6.55. The maximum atomic E-state index is 11.5. The fourth-order valence-electron chi connectivity index (χ4n) is 1.43. The summed E-state index contributed by atoms with van der Waals surface area (Å²) in [6, 6.07) is 8.56. The first-order valence-corrected chi connectivity index (χ1v) is 10.6. The van der Waals surface area contributed by atoms with E-state index in [1.54, 1.807) is 0 Å². The summed E-state index contributed by atoms with van der Waals surface area (Å²) < 4.78 is 5.19. The Morgan fingerprint density at radius 1 is 1.26 bits per heavy atom. The summed E-state index contributed by atoms with van der Waals surface area (Å²) in [4.78, 5) is 11.5. The molecular weight excluding hydrogens is 278 g/mol. The quantitative estimate of drug-likeness (QED) is 0.620. The first-order valence-electron chi connectivity index (χ1n) is 6.48. The van der Waals surface area contributed by atoms with Crippen LogP contribution in [-0.4, -0.2) is 27.2 Å². The minimum Gasteiger partial charge on any atom is -0.465 e. The molecule has 0 aliphatic heterocycles. The third-order valence-corrected chi connectivity index (χ3v) is 4.58. The Labute approximate surface area is 121 Å². The first kappa shape index (κ1) is 16.2. The monoisotopic (exact) mass is 299 g/mol. The topological polar surface area (TPSA) is 38.3 Å². The van der Waals surface area contributed by atoms with Crippen LogP contribution in [0.25, 0.3) is 0 Å². The van der Waals surface area contributed by atoms with E-state index in [1.807, 2.05) is 24.3 Å². The Bertz CT molecular complexity index is 401. The molecule has 0 saturated heterocycles. The van der Waals surface area contributed by atoms with Gasteiger partial charge in [0.25, 0.3) is 0 Å². The van der Waals surface area contributed by atoms with Gasteiger partial charge in [0.05, 0.1) is 13.2 Å². The van der Waals surface area contributed by atoms with E-state index >= 15 is 0 Å². The van der Waals surface area contributed by atoms with Crippen molar-refractivity contribution in [2.24, 2.45) is 0 Å². The van der Waals surface area contributed by atoms with Crippen molar-refractivity contribution in [1.29, 1.82) is 0 Å². The second-order valence-electron chi connectivity index (χ2n) is 5.76. The first-order chi connectivity index (χ1) is 8.87. The van der Waals surface area contributed by atoms with Gasteiger partial charge in [-0.3, -0.25) is 4.79 Å². The van der Waals surface area contributed by atoms with Gasteiger partial charge in [-0.1, -0.05) is 43.4 Å². The summed E-state index contributed by atoms with van der Waals surface area (Å²) in [6.45, 7) is 8.21. The van der Waals surface area contributed by atoms with Crippen molar-refractivity contribution < 1.29 is 9.53 Å². The van der Waals surface area contributed by atoms with Crippen molar-refractivity contribution in [3.05, 3.63) is 34.9 Å². The van der Waals surface area contributed by atoms with Gasteiger partial charge < -0.3 is 10.1 Å². The molecule has 0 spiro atoms. The van der Waals surface area contributed by atoms with Crippen molar-refractivity contribution in [1.82, 2.24) is 5.32 Å². The summed E-state index contributed by atoms with van der Waals surface area (Å²) in [5.41, 5.74) is 1.10. The lowest BCUT2D eigenvalue weighted by molar-refractivity contribution is -0.142. The number of ether oxygens (including phenoxy) is 1. The summed E-state index contributed by atoms with van der Waals surface area (Å²) in [6.07, 6.45) is 0. The molecule has 0 atom stereocenters. The lowest BCUT2D eigenvalue weighted by atomic mass is 10.2. The van der Waals surface area contributed by atoms with Crippen molar-refractivity contribution in [3.8, 4) is 0 Å². The highest BCUT2D eigenvalue weighted by atomic mass is 35.5. The van der Waals surface area contributed by atoms with Crippen molar-refractivity contribution in [3.63, 3.8) is 0 Å². The number of nitrogens with one attached hydrogen (secondary N) is 1. The van der Waals surface area contributed by atoms with Gasteiger partial charge in [0.1, 0.15) is 0 Å². The second kappa shape index (κ2) is 7.67. The molecule has 0 aliphatic rings. The number of benzene rings is 1. The van der Waals surface area contributed by atoms with Gasteiger partial charge in [-0.25, -0.2) is 0 Å². The van der Waals surface area contributed by atoms with E-state index in [9.17, 15) is 4.79 Å². The van der Waals surface area contributed by atoms with Gasteiger partial charge in [0, 0.05) is 19.6 Å². The molecule has 19 heavy (non-hydrogen) atoms. The molecule has 1 rings (SSSR count). The maximum Gasteiger partial charge on any atom is 0.319 e. The summed E-state index contributed by atoms with van der Waals surface area (Å²) in [5, 5.41) is 3.78. The van der Waals surface area contributed by atoms with Gasteiger partial charge in [-0.15, -0.1) is 0 Å². The van der Waals surface area contributed by atoms with Crippen LogP contribution in [-0.2, 0) is 16.1 Å². The molecule has 0 bridgehead atoms. The molecular formula is C14H22ClNO2Si. The van der Waals surface area contributed by atoms with Gasteiger partial charge in [0.15, 0.2) is 0 Å². The number of hydrogen-bond donors (Lipinski definition) is 1. The van der Waals surface area contributed by atoms with Crippen molar-refractivity contribution in [2.45, 2.75) is 32.2 Å². The predicted octanol–water partition coefficient (Wildman–Crippen LogP) is 3.31. The molecule has 0 radical (unpaired) electrons. The zero-order valence-corrected chi connectivity index (χ0v) is 13.6. The molecule has 3 nitrogen and oxygen atoms in total. The van der Waals surface area contributed by atoms with Crippen molar-refractivity contribution >= 4 is 25.6 Å². The molecule has 0 saturated carbocycles. The van der Waals surface area contributed by atoms with E-state index in [-0.39, 0.29) is 12.5 Å². The van der Waals surface area contributed by atoms with E-state index in [1.165, 1.54) is 0 Å². The number of esters is 1. The standard InChI is InChI=1S/C14H22ClNO2Si/c1-19(2,3)9-8-18-14(17)11-16-10-12-4-6-13(15)7-5-12/h4-7,16H,8-11H2,1-3H3. The van der Waals surface area contributed by atoms with Crippen LogP contribution in [0.3, 0.4) is 0 Å². The highest BCUT2D eigenvalue weighted by molar-refractivity contribution is 6.76. The molecule has 5 heteroatoms. The van der Waals surface area contributed by atoms with Crippen LogP contribution in [0.2, 0.25) is 30.7 Å². The lowest BCUT2D eigenvalue weighted by Gasteiger charge is -2.15.